The van der Waals surface area contributed by atoms with Gasteiger partial charge in [-0.15, -0.1) is 0 Å². The Kier molecular flexibility index (Phi) is 7.44. The highest BCUT2D eigenvalue weighted by Crippen LogP contribution is 2.44. The average Bonchev–Trinajstić information content (AvgIpc) is 3.42. The summed E-state index contributed by atoms with van der Waals surface area (Å²) in [5, 5.41) is 7.26. The van der Waals surface area contributed by atoms with Gasteiger partial charge in [0.15, 0.2) is 5.82 Å². The molecule has 4 aromatic rings. The fourth-order valence-electron chi connectivity index (χ4n) is 4.95. The van der Waals surface area contributed by atoms with Crippen molar-refractivity contribution in [3.05, 3.63) is 108 Å². The summed E-state index contributed by atoms with van der Waals surface area (Å²) >= 11 is 0. The number of carbonyl (C=O) groups is 1. The molecule has 1 saturated carbocycles. The van der Waals surface area contributed by atoms with E-state index in [1.165, 1.54) is 0 Å². The first-order valence-corrected chi connectivity index (χ1v) is 12.5. The first-order chi connectivity index (χ1) is 18.1. The van der Waals surface area contributed by atoms with Crippen LogP contribution in [-0.2, 0) is 23.1 Å². The lowest BCUT2D eigenvalue weighted by molar-refractivity contribution is 0.0612. The molecule has 2 aromatic carbocycles. The van der Waals surface area contributed by atoms with Gasteiger partial charge in [0.1, 0.15) is 11.9 Å². The van der Waals surface area contributed by atoms with E-state index in [2.05, 4.69) is 27.6 Å². The molecule has 2 heterocycles. The van der Waals surface area contributed by atoms with E-state index in [4.69, 9.17) is 19.0 Å². The Morgan fingerprint density at radius 3 is 2.57 bits per heavy atom. The Bertz CT molecular complexity index is 1300. The molecule has 0 aliphatic heterocycles. The second-order valence-corrected chi connectivity index (χ2v) is 9.30. The molecule has 0 atom stereocenters. The van der Waals surface area contributed by atoms with E-state index in [0.717, 1.165) is 35.3 Å². The number of alkyl carbamates (subject to hydrolysis) is 1. The van der Waals surface area contributed by atoms with E-state index in [0.29, 0.717) is 37.5 Å². The summed E-state index contributed by atoms with van der Waals surface area (Å²) in [4.78, 5) is 21.2. The summed E-state index contributed by atoms with van der Waals surface area (Å²) in [7, 11) is 1.65. The number of benzene rings is 2. The average molecular weight is 499 g/mol. The lowest BCUT2D eigenvalue weighted by Gasteiger charge is -2.38. The molecule has 5 rings (SSSR count). The molecule has 0 spiro atoms. The van der Waals surface area contributed by atoms with Crippen molar-refractivity contribution < 1.29 is 18.8 Å². The molecule has 1 aliphatic carbocycles. The van der Waals surface area contributed by atoms with Gasteiger partial charge in [-0.2, -0.15) is 4.98 Å². The van der Waals surface area contributed by atoms with Crippen LogP contribution in [0.25, 0.3) is 0 Å². The summed E-state index contributed by atoms with van der Waals surface area (Å²) in [5.41, 5.74) is 2.76. The van der Waals surface area contributed by atoms with Crippen molar-refractivity contribution >= 4 is 6.09 Å². The van der Waals surface area contributed by atoms with Crippen molar-refractivity contribution in [2.45, 2.75) is 50.2 Å². The van der Waals surface area contributed by atoms with Crippen LogP contribution in [-0.4, -0.2) is 34.4 Å². The Hall–Kier alpha value is -4.20. The molecular formula is C29H30N4O4. The third-order valence-corrected chi connectivity index (χ3v) is 6.96. The van der Waals surface area contributed by atoms with Crippen molar-refractivity contribution in [3.8, 4) is 5.75 Å². The largest absolute Gasteiger partial charge is 0.497 e. The van der Waals surface area contributed by atoms with Crippen LogP contribution in [0.3, 0.4) is 0 Å². The number of amides is 1. The number of hydrogen-bond acceptors (Lipinski definition) is 7. The highest BCUT2D eigenvalue weighted by Gasteiger charge is 2.43. The van der Waals surface area contributed by atoms with E-state index in [1.54, 1.807) is 19.5 Å². The van der Waals surface area contributed by atoms with Crippen LogP contribution in [0.2, 0.25) is 0 Å². The molecule has 8 nitrogen and oxygen atoms in total. The van der Waals surface area contributed by atoms with Gasteiger partial charge in [0.05, 0.1) is 18.9 Å². The minimum Gasteiger partial charge on any atom is -0.497 e. The smallest absolute Gasteiger partial charge is 0.407 e. The number of ether oxygens (including phenoxy) is 2. The number of pyridine rings is 1. The normalized spacial score (nSPS) is 19.2. The quantitative estimate of drug-likeness (QED) is 0.356. The summed E-state index contributed by atoms with van der Waals surface area (Å²) in [6.07, 6.45) is 6.26. The number of carbonyl (C=O) groups excluding carboxylic acids is 1. The van der Waals surface area contributed by atoms with Gasteiger partial charge in [-0.3, -0.25) is 4.98 Å². The monoisotopic (exact) mass is 498 g/mol. The molecule has 8 heteroatoms. The molecule has 0 saturated heterocycles. The van der Waals surface area contributed by atoms with Gasteiger partial charge in [-0.25, -0.2) is 4.79 Å². The lowest BCUT2D eigenvalue weighted by Crippen LogP contribution is -2.38. The molecule has 0 bridgehead atoms. The van der Waals surface area contributed by atoms with Gasteiger partial charge in [0, 0.05) is 18.9 Å². The van der Waals surface area contributed by atoms with Gasteiger partial charge in [-0.1, -0.05) is 47.6 Å². The van der Waals surface area contributed by atoms with Crippen molar-refractivity contribution in [1.82, 2.24) is 20.4 Å². The fourth-order valence-corrected chi connectivity index (χ4v) is 4.95. The van der Waals surface area contributed by atoms with Crippen molar-refractivity contribution in [1.29, 1.82) is 0 Å². The number of hydrogen-bond donors (Lipinski definition) is 1. The maximum Gasteiger partial charge on any atom is 0.407 e. The molecule has 0 radical (unpaired) electrons. The molecule has 1 amide bonds. The molecule has 2 aromatic heterocycles. The molecule has 190 valence electrons. The second kappa shape index (κ2) is 11.2. The number of rotatable bonds is 8. The summed E-state index contributed by atoms with van der Waals surface area (Å²) in [5.74, 6) is 2.03. The zero-order chi connectivity index (χ0) is 25.5. The molecule has 1 N–H and O–H groups in total. The van der Waals surface area contributed by atoms with Crippen molar-refractivity contribution in [3.63, 3.8) is 0 Å². The zero-order valence-electron chi connectivity index (χ0n) is 20.8. The summed E-state index contributed by atoms with van der Waals surface area (Å²) in [6, 6.07) is 21.9. The Morgan fingerprint density at radius 2 is 1.81 bits per heavy atom. The van der Waals surface area contributed by atoms with Crippen LogP contribution in [0.1, 0.15) is 54.1 Å². The minimum absolute atomic E-state index is 0.169. The van der Waals surface area contributed by atoms with Crippen LogP contribution < -0.4 is 10.1 Å². The van der Waals surface area contributed by atoms with E-state index in [9.17, 15) is 4.79 Å². The van der Waals surface area contributed by atoms with Crippen molar-refractivity contribution in [2.75, 3.05) is 7.11 Å². The zero-order valence-corrected chi connectivity index (χ0v) is 20.8. The van der Waals surface area contributed by atoms with Crippen LogP contribution in [0, 0.1) is 0 Å². The number of aromatic nitrogens is 3. The fraction of sp³-hybridized carbons (Fsp3) is 0.310. The highest BCUT2D eigenvalue weighted by molar-refractivity contribution is 5.67. The van der Waals surface area contributed by atoms with E-state index in [-0.39, 0.29) is 6.10 Å². The molecule has 1 aliphatic rings. The standard InChI is InChI=1S/C29H30N4O4/c1-35-25-9-5-6-22(18-25)19-26-32-27(33-37-26)29(23-7-3-2-4-8-23)14-10-24(11-15-29)36-28(34)31-20-21-12-16-30-17-13-21/h2-9,12-13,16-18,24H,10-11,14-15,19-20H2,1H3,(H,31,34). The summed E-state index contributed by atoms with van der Waals surface area (Å²) in [6.45, 7) is 0.404. The SMILES string of the molecule is COc1cccc(Cc2nc(C3(c4ccccc4)CCC(OC(=O)NCc4ccncc4)CC3)no2)c1. The predicted molar refractivity (Wildman–Crippen MR) is 137 cm³/mol. The number of nitrogens with zero attached hydrogens (tertiary/aromatic N) is 3. The first-order valence-electron chi connectivity index (χ1n) is 12.5. The summed E-state index contributed by atoms with van der Waals surface area (Å²) < 4.78 is 16.8. The maximum absolute atomic E-state index is 12.4. The molecule has 1 fully saturated rings. The van der Waals surface area contributed by atoms with E-state index in [1.807, 2.05) is 54.6 Å². The second-order valence-electron chi connectivity index (χ2n) is 9.30. The van der Waals surface area contributed by atoms with E-state index < -0.39 is 11.5 Å². The topological polar surface area (TPSA) is 99.4 Å². The third kappa shape index (κ3) is 5.80. The van der Waals surface area contributed by atoms with Gasteiger partial charge in [0.25, 0.3) is 0 Å². The van der Waals surface area contributed by atoms with Gasteiger partial charge < -0.3 is 19.3 Å². The van der Waals surface area contributed by atoms with Crippen LogP contribution in [0.15, 0.2) is 83.6 Å². The lowest BCUT2D eigenvalue weighted by atomic mass is 9.68. The Morgan fingerprint density at radius 1 is 1.03 bits per heavy atom. The first kappa shape index (κ1) is 24.5. The van der Waals surface area contributed by atoms with Crippen LogP contribution >= 0.6 is 0 Å². The van der Waals surface area contributed by atoms with Crippen LogP contribution in [0.5, 0.6) is 5.75 Å². The van der Waals surface area contributed by atoms with Gasteiger partial charge in [-0.05, 0) is 66.6 Å². The minimum atomic E-state index is -0.408. The highest BCUT2D eigenvalue weighted by atomic mass is 16.6. The number of methoxy groups -OCH3 is 1. The molecule has 37 heavy (non-hydrogen) atoms. The van der Waals surface area contributed by atoms with Gasteiger partial charge in [0.2, 0.25) is 5.89 Å². The Labute approximate surface area is 216 Å². The van der Waals surface area contributed by atoms with Crippen LogP contribution in [0.4, 0.5) is 4.79 Å². The predicted octanol–water partition coefficient (Wildman–Crippen LogP) is 5.22. The van der Waals surface area contributed by atoms with E-state index >= 15 is 0 Å². The molecular weight excluding hydrogens is 468 g/mol. The van der Waals surface area contributed by atoms with Crippen molar-refractivity contribution in [2.24, 2.45) is 0 Å². The third-order valence-electron chi connectivity index (χ3n) is 6.96. The maximum atomic E-state index is 12.4. The van der Waals surface area contributed by atoms with Gasteiger partial charge >= 0.3 is 6.09 Å². The molecule has 0 unspecified atom stereocenters. The number of nitrogens with one attached hydrogen (secondary N) is 1. The Balaban J connectivity index is 1.27.